The zero-order valence-electron chi connectivity index (χ0n) is 18.6. The molecule has 0 saturated carbocycles. The van der Waals surface area contributed by atoms with Gasteiger partial charge in [-0.05, 0) is 35.9 Å². The molecule has 0 radical (unpaired) electrons. The number of hydrogen-bond donors (Lipinski definition) is 0. The van der Waals surface area contributed by atoms with Crippen LogP contribution >= 0.6 is 11.6 Å². The van der Waals surface area contributed by atoms with Gasteiger partial charge in [0.15, 0.2) is 34.0 Å². The third kappa shape index (κ3) is 3.09. The van der Waals surface area contributed by atoms with E-state index in [1.807, 2.05) is 12.1 Å². The molecule has 170 valence electrons. The highest BCUT2D eigenvalue weighted by molar-refractivity contribution is 6.29. The summed E-state index contributed by atoms with van der Waals surface area (Å²) in [5.41, 5.74) is 1.46. The SMILES string of the molecule is COc1cc2oc3nc(-c4ccc(Cl)o4)c4c(OC)c(OC)c(OC)cc4c3c2cc1OC. The van der Waals surface area contributed by atoms with E-state index in [2.05, 4.69) is 0 Å². The van der Waals surface area contributed by atoms with E-state index in [1.165, 1.54) is 0 Å². The van der Waals surface area contributed by atoms with Gasteiger partial charge in [-0.1, -0.05) is 0 Å². The molecule has 3 aromatic heterocycles. The fraction of sp³-hybridized carbons (Fsp3) is 0.208. The van der Waals surface area contributed by atoms with Gasteiger partial charge in [-0.25, -0.2) is 4.98 Å². The van der Waals surface area contributed by atoms with E-state index in [1.54, 1.807) is 53.7 Å². The second kappa shape index (κ2) is 7.97. The maximum Gasteiger partial charge on any atom is 0.228 e. The molecule has 0 aliphatic carbocycles. The number of rotatable bonds is 6. The van der Waals surface area contributed by atoms with E-state index in [9.17, 15) is 0 Å². The quantitative estimate of drug-likeness (QED) is 0.295. The maximum absolute atomic E-state index is 6.14. The minimum absolute atomic E-state index is 0.235. The van der Waals surface area contributed by atoms with Crippen molar-refractivity contribution in [3.05, 3.63) is 35.6 Å². The molecular formula is C24H20ClNO7. The predicted octanol–water partition coefficient (Wildman–Crippen LogP) is 6.09. The summed E-state index contributed by atoms with van der Waals surface area (Å²) in [5, 5.41) is 3.20. The largest absolute Gasteiger partial charge is 0.493 e. The number of methoxy groups -OCH3 is 5. The highest BCUT2D eigenvalue weighted by Gasteiger charge is 2.26. The van der Waals surface area contributed by atoms with Gasteiger partial charge in [-0.3, -0.25) is 0 Å². The Hall–Kier alpha value is -3.78. The molecule has 8 nitrogen and oxygen atoms in total. The maximum atomic E-state index is 6.14. The summed E-state index contributed by atoms with van der Waals surface area (Å²) < 4.78 is 39.8. The van der Waals surface area contributed by atoms with Crippen LogP contribution in [0.1, 0.15) is 0 Å². The Kier molecular flexibility index (Phi) is 5.09. The van der Waals surface area contributed by atoms with Crippen LogP contribution in [0.15, 0.2) is 39.2 Å². The number of pyridine rings is 1. The van der Waals surface area contributed by atoms with Crippen LogP contribution in [0.4, 0.5) is 0 Å². The molecule has 5 aromatic rings. The van der Waals surface area contributed by atoms with Crippen LogP contribution in [0.3, 0.4) is 0 Å². The summed E-state index contributed by atoms with van der Waals surface area (Å²) in [4.78, 5) is 4.80. The van der Waals surface area contributed by atoms with Gasteiger partial charge < -0.3 is 32.5 Å². The molecule has 0 atom stereocenters. The van der Waals surface area contributed by atoms with Crippen molar-refractivity contribution < 1.29 is 32.5 Å². The van der Waals surface area contributed by atoms with Gasteiger partial charge in [-0.2, -0.15) is 0 Å². The van der Waals surface area contributed by atoms with Crippen LogP contribution in [0.25, 0.3) is 44.3 Å². The van der Waals surface area contributed by atoms with Crippen LogP contribution < -0.4 is 23.7 Å². The smallest absolute Gasteiger partial charge is 0.228 e. The third-order valence-corrected chi connectivity index (χ3v) is 5.73. The molecule has 0 saturated heterocycles. The number of fused-ring (bicyclic) bond motifs is 5. The number of furan rings is 2. The molecule has 0 unspecified atom stereocenters. The van der Waals surface area contributed by atoms with Gasteiger partial charge in [0.05, 0.1) is 46.3 Å². The molecule has 0 fully saturated rings. The Morgan fingerprint density at radius 3 is 1.97 bits per heavy atom. The number of nitrogens with zero attached hydrogens (tertiary/aromatic N) is 1. The minimum Gasteiger partial charge on any atom is -0.493 e. The molecule has 9 heteroatoms. The topological polar surface area (TPSA) is 85.3 Å². The molecular weight excluding hydrogens is 450 g/mol. The molecule has 2 aromatic carbocycles. The summed E-state index contributed by atoms with van der Waals surface area (Å²) in [7, 11) is 7.82. The third-order valence-electron chi connectivity index (χ3n) is 5.53. The fourth-order valence-corrected chi connectivity index (χ4v) is 4.26. The van der Waals surface area contributed by atoms with Gasteiger partial charge in [0.2, 0.25) is 11.5 Å². The summed E-state index contributed by atoms with van der Waals surface area (Å²) in [5.74, 6) is 2.93. The number of ether oxygens (including phenoxy) is 5. The molecule has 0 spiro atoms. The van der Waals surface area contributed by atoms with Crippen molar-refractivity contribution in [2.45, 2.75) is 0 Å². The van der Waals surface area contributed by atoms with E-state index in [0.29, 0.717) is 56.9 Å². The Morgan fingerprint density at radius 1 is 0.697 bits per heavy atom. The molecule has 3 heterocycles. The molecule has 0 bridgehead atoms. The summed E-state index contributed by atoms with van der Waals surface area (Å²) in [6.45, 7) is 0. The Labute approximate surface area is 193 Å². The number of benzene rings is 2. The van der Waals surface area contributed by atoms with Gasteiger partial charge >= 0.3 is 0 Å². The first kappa shape index (κ1) is 21.1. The van der Waals surface area contributed by atoms with Gasteiger partial charge in [-0.15, -0.1) is 0 Å². The number of hydrogen-bond acceptors (Lipinski definition) is 8. The normalized spacial score (nSPS) is 11.3. The monoisotopic (exact) mass is 469 g/mol. The lowest BCUT2D eigenvalue weighted by molar-refractivity contribution is 0.327. The van der Waals surface area contributed by atoms with Crippen molar-refractivity contribution in [1.29, 1.82) is 0 Å². The number of halogens is 1. The van der Waals surface area contributed by atoms with Crippen LogP contribution in [-0.4, -0.2) is 40.5 Å². The summed E-state index contributed by atoms with van der Waals surface area (Å²) >= 11 is 6.07. The minimum atomic E-state index is 0.235. The van der Waals surface area contributed by atoms with Crippen molar-refractivity contribution in [2.24, 2.45) is 0 Å². The van der Waals surface area contributed by atoms with Gasteiger partial charge in [0.25, 0.3) is 0 Å². The molecule has 0 aliphatic rings. The predicted molar refractivity (Wildman–Crippen MR) is 124 cm³/mol. The molecule has 0 N–H and O–H groups in total. The van der Waals surface area contributed by atoms with E-state index in [0.717, 1.165) is 16.2 Å². The van der Waals surface area contributed by atoms with E-state index >= 15 is 0 Å². The number of aromatic nitrogens is 1. The lowest BCUT2D eigenvalue weighted by Crippen LogP contribution is -1.98. The zero-order chi connectivity index (χ0) is 23.3. The van der Waals surface area contributed by atoms with E-state index in [4.69, 9.17) is 49.1 Å². The van der Waals surface area contributed by atoms with Crippen molar-refractivity contribution in [2.75, 3.05) is 35.5 Å². The van der Waals surface area contributed by atoms with Crippen molar-refractivity contribution in [1.82, 2.24) is 4.98 Å². The average molecular weight is 470 g/mol. The summed E-state index contributed by atoms with van der Waals surface area (Å²) in [6, 6.07) is 8.87. The second-order valence-electron chi connectivity index (χ2n) is 7.12. The van der Waals surface area contributed by atoms with E-state index in [-0.39, 0.29) is 5.22 Å². The first-order valence-corrected chi connectivity index (χ1v) is 10.3. The fourth-order valence-electron chi connectivity index (χ4n) is 4.12. The molecule has 0 aliphatic heterocycles. The van der Waals surface area contributed by atoms with Crippen molar-refractivity contribution in [3.63, 3.8) is 0 Å². The second-order valence-corrected chi connectivity index (χ2v) is 7.49. The lowest BCUT2D eigenvalue weighted by atomic mass is 10.0. The highest BCUT2D eigenvalue weighted by atomic mass is 35.5. The first-order chi connectivity index (χ1) is 16.0. The standard InChI is InChI=1S/C24H20ClNO7/c1-27-15-8-11-14(10-16(15)28-2)33-24-19(11)12-9-17(29-3)22(30-4)23(31-5)20(12)21(26-24)13-6-7-18(25)32-13/h6-10H,1-5H3. The Bertz CT molecular complexity index is 1520. The van der Waals surface area contributed by atoms with Crippen molar-refractivity contribution in [3.8, 4) is 40.2 Å². The van der Waals surface area contributed by atoms with Crippen LogP contribution in [0.5, 0.6) is 28.7 Å². The van der Waals surface area contributed by atoms with Crippen LogP contribution in [0.2, 0.25) is 5.22 Å². The van der Waals surface area contributed by atoms with Gasteiger partial charge in [0, 0.05) is 16.8 Å². The molecule has 5 rings (SSSR count). The average Bonchev–Trinajstić information content (AvgIpc) is 3.43. The van der Waals surface area contributed by atoms with Crippen LogP contribution in [0, 0.1) is 0 Å². The molecule has 0 amide bonds. The highest BCUT2D eigenvalue weighted by Crippen LogP contribution is 2.50. The van der Waals surface area contributed by atoms with E-state index < -0.39 is 0 Å². The molecule has 33 heavy (non-hydrogen) atoms. The summed E-state index contributed by atoms with van der Waals surface area (Å²) in [6.07, 6.45) is 0. The zero-order valence-corrected chi connectivity index (χ0v) is 19.3. The van der Waals surface area contributed by atoms with Crippen LogP contribution in [-0.2, 0) is 0 Å². The Morgan fingerprint density at radius 2 is 1.36 bits per heavy atom. The first-order valence-electron chi connectivity index (χ1n) is 9.91. The van der Waals surface area contributed by atoms with Crippen molar-refractivity contribution >= 4 is 44.4 Å². The van der Waals surface area contributed by atoms with Gasteiger partial charge in [0.1, 0.15) is 11.3 Å². The Balaban J connectivity index is 2.03. The lowest BCUT2D eigenvalue weighted by Gasteiger charge is -2.16.